The smallest absolute Gasteiger partial charge is 0.162 e. The molecule has 0 spiro atoms. The minimum absolute atomic E-state index is 0. The van der Waals surface area contributed by atoms with Crippen LogP contribution in [0.1, 0.15) is 64.7 Å². The van der Waals surface area contributed by atoms with E-state index < -0.39 is 0 Å². The Morgan fingerprint density at radius 3 is 2.47 bits per heavy atom. The van der Waals surface area contributed by atoms with Gasteiger partial charge >= 0.3 is 0 Å². The molecule has 1 fully saturated rings. The van der Waals surface area contributed by atoms with Crippen molar-refractivity contribution in [2.75, 3.05) is 0 Å². The zero-order chi connectivity index (χ0) is 11.8. The summed E-state index contributed by atoms with van der Waals surface area (Å²) < 4.78 is 0. The topological polar surface area (TPSA) is 37.3 Å². The van der Waals surface area contributed by atoms with Crippen molar-refractivity contribution in [1.29, 1.82) is 0 Å². The van der Waals surface area contributed by atoms with E-state index in [1.807, 2.05) is 0 Å². The van der Waals surface area contributed by atoms with E-state index in [0.29, 0.717) is 6.42 Å². The quantitative estimate of drug-likeness (QED) is 0.344. The third kappa shape index (κ3) is 6.88. The second-order valence-corrected chi connectivity index (χ2v) is 4.83. The zero-order valence-electron chi connectivity index (χ0n) is 10.7. The van der Waals surface area contributed by atoms with Gasteiger partial charge in [-0.15, -0.1) is 0 Å². The second-order valence-electron chi connectivity index (χ2n) is 4.83. The minimum atomic E-state index is 0. The molecule has 0 radical (unpaired) electrons. The van der Waals surface area contributed by atoms with E-state index in [9.17, 15) is 9.90 Å². The van der Waals surface area contributed by atoms with Crippen LogP contribution >= 0.6 is 0 Å². The fourth-order valence-corrected chi connectivity index (χ4v) is 2.30. The molecule has 0 saturated heterocycles. The normalized spacial score (nSPS) is 17.6. The molecule has 0 aromatic heterocycles. The van der Waals surface area contributed by atoms with Gasteiger partial charge in [-0.3, -0.25) is 4.79 Å². The van der Waals surface area contributed by atoms with E-state index in [0.717, 1.165) is 32.1 Å². The molecular weight excluding hydrogens is 259 g/mol. The molecule has 0 heterocycles. The van der Waals surface area contributed by atoms with Crippen molar-refractivity contribution in [3.63, 3.8) is 0 Å². The summed E-state index contributed by atoms with van der Waals surface area (Å²) in [6.07, 6.45) is 11.0. The molecule has 0 bridgehead atoms. The van der Waals surface area contributed by atoms with E-state index >= 15 is 0 Å². The largest absolute Gasteiger partial charge is 0.512 e. The molecule has 2 nitrogen and oxygen atoms in total. The predicted molar refractivity (Wildman–Crippen MR) is 66.4 cm³/mol. The van der Waals surface area contributed by atoms with Crippen LogP contribution in [0.5, 0.6) is 0 Å². The van der Waals surface area contributed by atoms with E-state index in [-0.39, 0.29) is 34.0 Å². The molecule has 0 unspecified atom stereocenters. The van der Waals surface area contributed by atoms with Gasteiger partial charge in [-0.1, -0.05) is 39.0 Å². The molecular formula is C14H24NiO2. The van der Waals surface area contributed by atoms with Crippen LogP contribution in [0.25, 0.3) is 0 Å². The Balaban J connectivity index is 0.00000256. The first-order valence-corrected chi connectivity index (χ1v) is 6.67. The number of aliphatic hydroxyl groups is 1. The van der Waals surface area contributed by atoms with Gasteiger partial charge in [-0.25, -0.2) is 0 Å². The standard InChI is InChI=1S/C14H24O2.Ni/c1-2-3-5-10-13(15)11-14(16)12-8-6-4-7-9-12;/h11-12,15H,2-10H2,1H3;/b13-11-;. The average molecular weight is 283 g/mol. The van der Waals surface area contributed by atoms with Crippen LogP contribution in [0.15, 0.2) is 11.8 Å². The van der Waals surface area contributed by atoms with E-state index in [4.69, 9.17) is 0 Å². The van der Waals surface area contributed by atoms with Crippen molar-refractivity contribution in [1.82, 2.24) is 0 Å². The summed E-state index contributed by atoms with van der Waals surface area (Å²) in [6.45, 7) is 2.13. The second kappa shape index (κ2) is 9.70. The number of carbonyl (C=O) groups is 1. The maximum absolute atomic E-state index is 11.8. The molecule has 1 aliphatic rings. The van der Waals surface area contributed by atoms with Crippen molar-refractivity contribution in [3.05, 3.63) is 11.8 Å². The van der Waals surface area contributed by atoms with Gasteiger partial charge in [0, 0.05) is 34.9 Å². The Hall–Kier alpha value is -0.296. The first kappa shape index (κ1) is 16.7. The summed E-state index contributed by atoms with van der Waals surface area (Å²) >= 11 is 0. The van der Waals surface area contributed by atoms with Crippen molar-refractivity contribution in [2.24, 2.45) is 5.92 Å². The molecule has 1 aliphatic carbocycles. The molecule has 102 valence electrons. The fraction of sp³-hybridized carbons (Fsp3) is 0.786. The van der Waals surface area contributed by atoms with Crippen molar-refractivity contribution in [2.45, 2.75) is 64.7 Å². The van der Waals surface area contributed by atoms with Crippen molar-refractivity contribution < 1.29 is 26.4 Å². The molecule has 1 saturated carbocycles. The van der Waals surface area contributed by atoms with E-state index in [1.54, 1.807) is 0 Å². The maximum atomic E-state index is 11.8. The summed E-state index contributed by atoms with van der Waals surface area (Å²) in [5, 5.41) is 9.62. The van der Waals surface area contributed by atoms with Gasteiger partial charge in [-0.05, 0) is 19.3 Å². The molecule has 0 amide bonds. The fourth-order valence-electron chi connectivity index (χ4n) is 2.30. The summed E-state index contributed by atoms with van der Waals surface area (Å²) in [4.78, 5) is 11.8. The van der Waals surface area contributed by atoms with Crippen LogP contribution in [0.3, 0.4) is 0 Å². The summed E-state index contributed by atoms with van der Waals surface area (Å²) in [5.41, 5.74) is 0. The van der Waals surface area contributed by atoms with E-state index in [1.165, 1.54) is 25.3 Å². The Labute approximate surface area is 115 Å². The van der Waals surface area contributed by atoms with Crippen LogP contribution in [-0.2, 0) is 21.3 Å². The zero-order valence-corrected chi connectivity index (χ0v) is 11.7. The van der Waals surface area contributed by atoms with Gasteiger partial charge in [-0.2, -0.15) is 0 Å². The SMILES string of the molecule is CCCCC/C(O)=C/C(=O)C1CCCCC1.[Ni]. The number of allylic oxidation sites excluding steroid dienone is 2. The number of carbonyl (C=O) groups excluding carboxylic acids is 1. The minimum Gasteiger partial charge on any atom is -0.512 e. The monoisotopic (exact) mass is 282 g/mol. The maximum Gasteiger partial charge on any atom is 0.162 e. The Bertz CT molecular complexity index is 243. The van der Waals surface area contributed by atoms with Gasteiger partial charge in [0.15, 0.2) is 5.78 Å². The van der Waals surface area contributed by atoms with E-state index in [2.05, 4.69) is 6.92 Å². The van der Waals surface area contributed by atoms with Crippen LogP contribution in [0, 0.1) is 5.92 Å². The van der Waals surface area contributed by atoms with Gasteiger partial charge in [0.2, 0.25) is 0 Å². The molecule has 0 atom stereocenters. The third-order valence-corrected chi connectivity index (χ3v) is 3.35. The summed E-state index contributed by atoms with van der Waals surface area (Å²) in [6, 6.07) is 0. The third-order valence-electron chi connectivity index (χ3n) is 3.35. The van der Waals surface area contributed by atoms with Gasteiger partial charge in [0.05, 0.1) is 5.76 Å². The Kier molecular flexibility index (Phi) is 9.54. The number of unbranched alkanes of at least 4 members (excludes halogenated alkanes) is 2. The molecule has 0 aliphatic heterocycles. The molecule has 17 heavy (non-hydrogen) atoms. The first-order chi connectivity index (χ1) is 7.74. The molecule has 3 heteroatoms. The molecule has 1 rings (SSSR count). The average Bonchev–Trinajstić information content (AvgIpc) is 2.30. The van der Waals surface area contributed by atoms with Crippen LogP contribution in [-0.4, -0.2) is 10.9 Å². The first-order valence-electron chi connectivity index (χ1n) is 6.67. The Morgan fingerprint density at radius 1 is 1.24 bits per heavy atom. The summed E-state index contributed by atoms with van der Waals surface area (Å²) in [7, 11) is 0. The van der Waals surface area contributed by atoms with Crippen LogP contribution in [0.4, 0.5) is 0 Å². The number of ketones is 1. The molecule has 0 aromatic carbocycles. The van der Waals surface area contributed by atoms with Crippen LogP contribution < -0.4 is 0 Å². The summed E-state index contributed by atoms with van der Waals surface area (Å²) in [5.74, 6) is 0.611. The van der Waals surface area contributed by atoms with Crippen molar-refractivity contribution >= 4 is 5.78 Å². The van der Waals surface area contributed by atoms with Gasteiger partial charge < -0.3 is 5.11 Å². The van der Waals surface area contributed by atoms with Gasteiger partial charge in [0.1, 0.15) is 0 Å². The number of hydrogen-bond donors (Lipinski definition) is 1. The number of hydrogen-bond acceptors (Lipinski definition) is 2. The van der Waals surface area contributed by atoms with Crippen LogP contribution in [0.2, 0.25) is 0 Å². The number of aliphatic hydroxyl groups excluding tert-OH is 1. The van der Waals surface area contributed by atoms with Gasteiger partial charge in [0.25, 0.3) is 0 Å². The molecule has 0 aromatic rings. The molecule has 1 N–H and O–H groups in total. The Morgan fingerprint density at radius 2 is 1.88 bits per heavy atom. The van der Waals surface area contributed by atoms with Crippen molar-refractivity contribution in [3.8, 4) is 0 Å². The number of rotatable bonds is 6. The predicted octanol–water partition coefficient (Wildman–Crippen LogP) is 4.16.